The molecule has 5 nitrogen and oxygen atoms in total. The van der Waals surface area contributed by atoms with Crippen molar-refractivity contribution >= 4 is 5.78 Å². The maximum absolute atomic E-state index is 13.6. The van der Waals surface area contributed by atoms with E-state index < -0.39 is 0 Å². The molecule has 5 heteroatoms. The molecule has 5 rings (SSSR count). The zero-order valence-corrected chi connectivity index (χ0v) is 18.5. The molecule has 0 radical (unpaired) electrons. The van der Waals surface area contributed by atoms with E-state index in [1.54, 1.807) is 12.7 Å². The number of methoxy groups -OCH3 is 3. The van der Waals surface area contributed by atoms with Crippen LogP contribution in [0.25, 0.3) is 0 Å². The zero-order valence-electron chi connectivity index (χ0n) is 18.5. The summed E-state index contributed by atoms with van der Waals surface area (Å²) in [5.41, 5.74) is 1.34. The third-order valence-electron chi connectivity index (χ3n) is 9.56. The first-order chi connectivity index (χ1) is 14.0. The van der Waals surface area contributed by atoms with Gasteiger partial charge in [0.05, 0.1) is 18.8 Å². The lowest BCUT2D eigenvalue weighted by Crippen LogP contribution is -2.67. The number of ether oxygens (including phenoxy) is 3. The van der Waals surface area contributed by atoms with Crippen molar-refractivity contribution in [1.29, 1.82) is 0 Å². The molecule has 1 heterocycles. The molecule has 5 aliphatic rings. The molecule has 0 aromatic rings. The monoisotopic (exact) mass is 403 g/mol. The highest BCUT2D eigenvalue weighted by Gasteiger charge is 2.73. The highest BCUT2D eigenvalue weighted by Crippen LogP contribution is 2.71. The van der Waals surface area contributed by atoms with Crippen molar-refractivity contribution in [2.75, 3.05) is 47.6 Å². The number of carbonyl (C=O) groups excluding carboxylic acids is 1. The van der Waals surface area contributed by atoms with Crippen molar-refractivity contribution in [2.45, 2.75) is 57.7 Å². The van der Waals surface area contributed by atoms with Crippen LogP contribution in [0.3, 0.4) is 0 Å². The molecule has 4 bridgehead atoms. The number of carbonyl (C=O) groups is 1. The molecule has 4 aliphatic carbocycles. The maximum atomic E-state index is 13.6. The average molecular weight is 404 g/mol. The molecule has 29 heavy (non-hydrogen) atoms. The number of ketones is 1. The van der Waals surface area contributed by atoms with Crippen LogP contribution >= 0.6 is 0 Å². The minimum Gasteiger partial charge on any atom is -0.384 e. The second-order valence-electron chi connectivity index (χ2n) is 10.4. The first-order valence-corrected chi connectivity index (χ1v) is 11.5. The van der Waals surface area contributed by atoms with Gasteiger partial charge in [0.1, 0.15) is 5.78 Å². The molecule has 3 saturated carbocycles. The van der Waals surface area contributed by atoms with E-state index in [0.717, 1.165) is 64.8 Å². The number of hydrogen-bond acceptors (Lipinski definition) is 5. The van der Waals surface area contributed by atoms with Crippen molar-refractivity contribution in [3.05, 3.63) is 11.6 Å². The molecule has 0 unspecified atom stereocenters. The van der Waals surface area contributed by atoms with E-state index in [4.69, 9.17) is 14.2 Å². The first-order valence-electron chi connectivity index (χ1n) is 11.5. The first kappa shape index (κ1) is 20.2. The summed E-state index contributed by atoms with van der Waals surface area (Å²) >= 11 is 0. The quantitative estimate of drug-likeness (QED) is 0.660. The summed E-state index contributed by atoms with van der Waals surface area (Å²) in [7, 11) is 5.51. The van der Waals surface area contributed by atoms with Crippen molar-refractivity contribution in [3.63, 3.8) is 0 Å². The SMILES string of the molecule is CCN1C[C@]2(COC)CC[C@H](OC)[C@]3(C1)C2=CCC[C@@]12C[C@H](OC)[C@@H](C[C@H]13)C2=O. The standard InChI is InChI=1S/C24H37NO4/c1-5-25-13-22(15-27-2)10-8-20(29-4)24(14-25)18(22)7-6-9-23-12-17(28-3)16(21(23)26)11-19(23)24/h7,16-17,19-20H,5-6,8-15H2,1-4H3/t16-,17+,19-,20+,22+,23-,24-/m1/s1. The van der Waals surface area contributed by atoms with E-state index in [2.05, 4.69) is 17.9 Å². The minimum absolute atomic E-state index is 0.0646. The van der Waals surface area contributed by atoms with Crippen LogP contribution in [-0.2, 0) is 19.0 Å². The molecule has 1 aliphatic heterocycles. The summed E-state index contributed by atoms with van der Waals surface area (Å²) in [5.74, 6) is 0.931. The van der Waals surface area contributed by atoms with Crippen LogP contribution in [0.2, 0.25) is 0 Å². The number of allylic oxidation sites excluding steroid dienone is 1. The van der Waals surface area contributed by atoms with Gasteiger partial charge in [-0.25, -0.2) is 0 Å². The van der Waals surface area contributed by atoms with E-state index in [0.29, 0.717) is 11.7 Å². The van der Waals surface area contributed by atoms with Crippen molar-refractivity contribution in [2.24, 2.45) is 28.1 Å². The Hall–Kier alpha value is -0.750. The third-order valence-corrected chi connectivity index (χ3v) is 9.56. The zero-order chi connectivity index (χ0) is 20.4. The van der Waals surface area contributed by atoms with Crippen molar-refractivity contribution < 1.29 is 19.0 Å². The average Bonchev–Trinajstić information content (AvgIpc) is 3.08. The molecule has 0 aromatic heterocycles. The lowest BCUT2D eigenvalue weighted by atomic mass is 9.47. The second-order valence-corrected chi connectivity index (χ2v) is 10.4. The Morgan fingerprint density at radius 2 is 2.00 bits per heavy atom. The Morgan fingerprint density at radius 1 is 1.17 bits per heavy atom. The summed E-state index contributed by atoms with van der Waals surface area (Å²) in [6, 6.07) is 0. The molecular formula is C24H37NO4. The molecule has 4 fully saturated rings. The highest BCUT2D eigenvalue weighted by molar-refractivity contribution is 5.93. The summed E-state index contributed by atoms with van der Waals surface area (Å²) in [5, 5.41) is 0. The third kappa shape index (κ3) is 2.39. The summed E-state index contributed by atoms with van der Waals surface area (Å²) in [6.07, 6.45) is 8.83. The highest BCUT2D eigenvalue weighted by atomic mass is 16.5. The van der Waals surface area contributed by atoms with Gasteiger partial charge >= 0.3 is 0 Å². The molecule has 7 atom stereocenters. The summed E-state index contributed by atoms with van der Waals surface area (Å²) in [6.45, 7) is 6.16. The summed E-state index contributed by atoms with van der Waals surface area (Å²) in [4.78, 5) is 16.3. The van der Waals surface area contributed by atoms with Crippen LogP contribution in [0.1, 0.15) is 45.4 Å². The Kier molecular flexibility index (Phi) is 4.78. The molecule has 1 saturated heterocycles. The van der Waals surface area contributed by atoms with E-state index in [1.807, 2.05) is 14.2 Å². The largest absolute Gasteiger partial charge is 0.384 e. The molecular weight excluding hydrogens is 366 g/mol. The van der Waals surface area contributed by atoms with Gasteiger partial charge in [-0.3, -0.25) is 4.79 Å². The molecule has 0 aromatic carbocycles. The van der Waals surface area contributed by atoms with Crippen LogP contribution in [-0.4, -0.2) is 70.5 Å². The van der Waals surface area contributed by atoms with Crippen LogP contribution in [0.4, 0.5) is 0 Å². The number of rotatable bonds is 5. The van der Waals surface area contributed by atoms with Crippen LogP contribution in [0.5, 0.6) is 0 Å². The minimum atomic E-state index is -0.229. The van der Waals surface area contributed by atoms with Crippen LogP contribution in [0.15, 0.2) is 11.6 Å². The topological polar surface area (TPSA) is 48.0 Å². The predicted octanol–water partition coefficient (Wildman–Crippen LogP) is 3.08. The van der Waals surface area contributed by atoms with E-state index >= 15 is 0 Å². The predicted molar refractivity (Wildman–Crippen MR) is 111 cm³/mol. The van der Waals surface area contributed by atoms with E-state index in [-0.39, 0.29) is 34.4 Å². The van der Waals surface area contributed by atoms with E-state index in [9.17, 15) is 4.79 Å². The fourth-order valence-corrected chi connectivity index (χ4v) is 8.64. The normalized spacial score (nSPS) is 48.8. The smallest absolute Gasteiger partial charge is 0.145 e. The van der Waals surface area contributed by atoms with Gasteiger partial charge < -0.3 is 19.1 Å². The van der Waals surface area contributed by atoms with Gasteiger partial charge in [0.15, 0.2) is 0 Å². The number of hydrogen-bond donors (Lipinski definition) is 0. The molecule has 162 valence electrons. The van der Waals surface area contributed by atoms with E-state index in [1.165, 1.54) is 0 Å². The van der Waals surface area contributed by atoms with Crippen LogP contribution < -0.4 is 0 Å². The Labute approximate surface area is 175 Å². The molecule has 1 spiro atoms. The van der Waals surface area contributed by atoms with Crippen molar-refractivity contribution in [1.82, 2.24) is 4.90 Å². The number of nitrogens with zero attached hydrogens (tertiary/aromatic N) is 1. The Balaban J connectivity index is 1.68. The van der Waals surface area contributed by atoms with Gasteiger partial charge in [0.2, 0.25) is 0 Å². The van der Waals surface area contributed by atoms with Gasteiger partial charge in [0.25, 0.3) is 0 Å². The number of piperidine rings is 1. The number of Topliss-reactive ketones (excluding diaryl/α,β-unsaturated/α-hetero) is 1. The van der Waals surface area contributed by atoms with Crippen molar-refractivity contribution in [3.8, 4) is 0 Å². The Morgan fingerprint density at radius 3 is 2.69 bits per heavy atom. The fourth-order valence-electron chi connectivity index (χ4n) is 8.64. The fraction of sp³-hybridized carbons (Fsp3) is 0.875. The molecule has 0 N–H and O–H groups in total. The lowest BCUT2D eigenvalue weighted by Gasteiger charge is -2.64. The summed E-state index contributed by atoms with van der Waals surface area (Å²) < 4.78 is 17.9. The maximum Gasteiger partial charge on any atom is 0.145 e. The van der Waals surface area contributed by atoms with Gasteiger partial charge in [-0.2, -0.15) is 0 Å². The van der Waals surface area contributed by atoms with Gasteiger partial charge in [-0.1, -0.05) is 18.6 Å². The molecule has 0 amide bonds. The van der Waals surface area contributed by atoms with Crippen LogP contribution in [0, 0.1) is 28.1 Å². The van der Waals surface area contributed by atoms with Gasteiger partial charge in [0, 0.05) is 56.6 Å². The number of likely N-dealkylation sites (tertiary alicyclic amines) is 1. The van der Waals surface area contributed by atoms with Gasteiger partial charge in [-0.05, 0) is 51.0 Å². The second kappa shape index (κ2) is 6.88. The number of fused-ring (bicyclic) bond motifs is 1. The Bertz CT molecular complexity index is 722. The lowest BCUT2D eigenvalue weighted by molar-refractivity contribution is -0.156. The van der Waals surface area contributed by atoms with Gasteiger partial charge in [-0.15, -0.1) is 0 Å².